The van der Waals surface area contributed by atoms with Gasteiger partial charge in [0.1, 0.15) is 0 Å². The second-order valence-electron chi connectivity index (χ2n) is 5.50. The van der Waals surface area contributed by atoms with Crippen molar-refractivity contribution in [1.82, 2.24) is 15.1 Å². The quantitative estimate of drug-likeness (QED) is 0.654. The van der Waals surface area contributed by atoms with Gasteiger partial charge in [-0.2, -0.15) is 0 Å². The molecule has 0 radical (unpaired) electrons. The normalized spacial score (nSPS) is 20.6. The van der Waals surface area contributed by atoms with Gasteiger partial charge >= 0.3 is 0 Å². The van der Waals surface area contributed by atoms with Crippen LogP contribution in [0.4, 0.5) is 0 Å². The van der Waals surface area contributed by atoms with Gasteiger partial charge in [-0.05, 0) is 46.3 Å². The molecule has 1 saturated heterocycles. The number of hydrogen-bond acceptors (Lipinski definition) is 3. The van der Waals surface area contributed by atoms with E-state index in [1.54, 1.807) is 0 Å². The molecule has 1 unspecified atom stereocenters. The Morgan fingerprint density at radius 3 is 2.47 bits per heavy atom. The fourth-order valence-electron chi connectivity index (χ4n) is 2.35. The lowest BCUT2D eigenvalue weighted by Crippen LogP contribution is -2.44. The predicted molar refractivity (Wildman–Crippen MR) is 75.5 cm³/mol. The Kier molecular flexibility index (Phi) is 7.82. The summed E-state index contributed by atoms with van der Waals surface area (Å²) in [5.74, 6) is 0. The zero-order valence-corrected chi connectivity index (χ0v) is 12.0. The minimum absolute atomic E-state index is 0.697. The SMILES string of the molecule is CCCNC(C)CCCCN1CCN(C)CC1. The summed E-state index contributed by atoms with van der Waals surface area (Å²) in [5.41, 5.74) is 0. The van der Waals surface area contributed by atoms with Crippen LogP contribution in [0.15, 0.2) is 0 Å². The number of hydrogen-bond donors (Lipinski definition) is 1. The Labute approximate surface area is 108 Å². The van der Waals surface area contributed by atoms with Crippen LogP contribution in [0.1, 0.15) is 39.5 Å². The highest BCUT2D eigenvalue weighted by atomic mass is 15.2. The summed E-state index contributed by atoms with van der Waals surface area (Å²) < 4.78 is 0. The first kappa shape index (κ1) is 14.9. The Morgan fingerprint density at radius 2 is 1.82 bits per heavy atom. The first-order chi connectivity index (χ1) is 8.22. The van der Waals surface area contributed by atoms with E-state index >= 15 is 0 Å². The van der Waals surface area contributed by atoms with E-state index in [4.69, 9.17) is 0 Å². The Balaban J connectivity index is 1.93. The molecule has 0 amide bonds. The molecule has 1 fully saturated rings. The molecule has 0 spiro atoms. The Morgan fingerprint density at radius 1 is 1.12 bits per heavy atom. The van der Waals surface area contributed by atoms with Crippen LogP contribution in [-0.2, 0) is 0 Å². The molecule has 0 saturated carbocycles. The Bertz CT molecular complexity index is 176. The lowest BCUT2D eigenvalue weighted by Gasteiger charge is -2.32. The van der Waals surface area contributed by atoms with Crippen LogP contribution < -0.4 is 5.32 Å². The standard InChI is InChI=1S/C14H31N3/c1-4-8-15-14(2)7-5-6-9-17-12-10-16(3)11-13-17/h14-15H,4-13H2,1-3H3. The topological polar surface area (TPSA) is 18.5 Å². The van der Waals surface area contributed by atoms with Crippen molar-refractivity contribution in [2.45, 2.75) is 45.6 Å². The lowest BCUT2D eigenvalue weighted by atomic mass is 10.1. The smallest absolute Gasteiger partial charge is 0.0110 e. The van der Waals surface area contributed by atoms with Crippen LogP contribution >= 0.6 is 0 Å². The van der Waals surface area contributed by atoms with Gasteiger partial charge in [-0.1, -0.05) is 13.3 Å². The van der Waals surface area contributed by atoms with Crippen LogP contribution in [0.2, 0.25) is 0 Å². The second-order valence-corrected chi connectivity index (χ2v) is 5.50. The maximum absolute atomic E-state index is 3.56. The van der Waals surface area contributed by atoms with E-state index in [1.165, 1.54) is 65.0 Å². The molecule has 1 atom stereocenters. The minimum atomic E-state index is 0.697. The summed E-state index contributed by atoms with van der Waals surface area (Å²) in [6, 6.07) is 0.697. The van der Waals surface area contributed by atoms with Crippen molar-refractivity contribution in [3.63, 3.8) is 0 Å². The van der Waals surface area contributed by atoms with Crippen LogP contribution in [0.5, 0.6) is 0 Å². The van der Waals surface area contributed by atoms with Crippen molar-refractivity contribution in [2.24, 2.45) is 0 Å². The van der Waals surface area contributed by atoms with Gasteiger partial charge in [-0.25, -0.2) is 0 Å². The average Bonchev–Trinajstić information content (AvgIpc) is 2.34. The van der Waals surface area contributed by atoms with Gasteiger partial charge < -0.3 is 15.1 Å². The van der Waals surface area contributed by atoms with Crippen molar-refractivity contribution < 1.29 is 0 Å². The molecule has 0 bridgehead atoms. The highest BCUT2D eigenvalue weighted by molar-refractivity contribution is 4.69. The summed E-state index contributed by atoms with van der Waals surface area (Å²) in [6.45, 7) is 12.0. The molecule has 102 valence electrons. The molecule has 1 aliphatic heterocycles. The molecule has 3 nitrogen and oxygen atoms in total. The van der Waals surface area contributed by atoms with Gasteiger partial charge in [-0.15, -0.1) is 0 Å². The molecule has 1 heterocycles. The third-order valence-electron chi connectivity index (χ3n) is 3.70. The first-order valence-corrected chi connectivity index (χ1v) is 7.36. The van der Waals surface area contributed by atoms with Crippen molar-refractivity contribution in [3.05, 3.63) is 0 Å². The van der Waals surface area contributed by atoms with Gasteiger partial charge in [0.2, 0.25) is 0 Å². The molecular weight excluding hydrogens is 210 g/mol. The zero-order chi connectivity index (χ0) is 12.5. The molecule has 0 aromatic rings. The number of likely N-dealkylation sites (N-methyl/N-ethyl adjacent to an activating group) is 1. The summed E-state index contributed by atoms with van der Waals surface area (Å²) in [6.07, 6.45) is 5.30. The highest BCUT2D eigenvalue weighted by Crippen LogP contribution is 2.05. The molecule has 1 aliphatic rings. The minimum Gasteiger partial charge on any atom is -0.314 e. The fraction of sp³-hybridized carbons (Fsp3) is 1.00. The summed E-state index contributed by atoms with van der Waals surface area (Å²) in [7, 11) is 2.22. The number of piperazine rings is 1. The van der Waals surface area contributed by atoms with Gasteiger partial charge in [0.15, 0.2) is 0 Å². The molecule has 3 heteroatoms. The molecule has 0 aliphatic carbocycles. The molecule has 0 aromatic heterocycles. The summed E-state index contributed by atoms with van der Waals surface area (Å²) in [5, 5.41) is 3.56. The number of nitrogens with one attached hydrogen (secondary N) is 1. The van der Waals surface area contributed by atoms with E-state index in [1.807, 2.05) is 0 Å². The van der Waals surface area contributed by atoms with Crippen LogP contribution in [0, 0.1) is 0 Å². The predicted octanol–water partition coefficient (Wildman–Crippen LogP) is 1.79. The fourth-order valence-corrected chi connectivity index (χ4v) is 2.35. The van der Waals surface area contributed by atoms with E-state index < -0.39 is 0 Å². The summed E-state index contributed by atoms with van der Waals surface area (Å²) in [4.78, 5) is 5.04. The van der Waals surface area contributed by atoms with Crippen LogP contribution in [-0.4, -0.2) is 62.2 Å². The van der Waals surface area contributed by atoms with E-state index in [0.29, 0.717) is 6.04 Å². The van der Waals surface area contributed by atoms with Crippen LogP contribution in [0.25, 0.3) is 0 Å². The maximum atomic E-state index is 3.56. The van der Waals surface area contributed by atoms with Crippen LogP contribution in [0.3, 0.4) is 0 Å². The van der Waals surface area contributed by atoms with E-state index in [0.717, 1.165) is 0 Å². The maximum Gasteiger partial charge on any atom is 0.0110 e. The first-order valence-electron chi connectivity index (χ1n) is 7.36. The van der Waals surface area contributed by atoms with Gasteiger partial charge in [-0.3, -0.25) is 0 Å². The zero-order valence-electron chi connectivity index (χ0n) is 12.0. The summed E-state index contributed by atoms with van der Waals surface area (Å²) >= 11 is 0. The van der Waals surface area contributed by atoms with Crippen molar-refractivity contribution in [1.29, 1.82) is 0 Å². The highest BCUT2D eigenvalue weighted by Gasteiger charge is 2.12. The van der Waals surface area contributed by atoms with E-state index in [9.17, 15) is 0 Å². The molecule has 17 heavy (non-hydrogen) atoms. The van der Waals surface area contributed by atoms with Crippen molar-refractivity contribution >= 4 is 0 Å². The van der Waals surface area contributed by atoms with Gasteiger partial charge in [0.05, 0.1) is 0 Å². The van der Waals surface area contributed by atoms with Gasteiger partial charge in [0.25, 0.3) is 0 Å². The van der Waals surface area contributed by atoms with E-state index in [-0.39, 0.29) is 0 Å². The molecule has 1 rings (SSSR count). The molecule has 1 N–H and O–H groups in total. The average molecular weight is 241 g/mol. The lowest BCUT2D eigenvalue weighted by molar-refractivity contribution is 0.151. The molecule has 0 aromatic carbocycles. The third-order valence-corrected chi connectivity index (χ3v) is 3.70. The second kappa shape index (κ2) is 8.90. The number of nitrogens with zero attached hydrogens (tertiary/aromatic N) is 2. The van der Waals surface area contributed by atoms with E-state index in [2.05, 4.69) is 36.0 Å². The van der Waals surface area contributed by atoms with Crippen molar-refractivity contribution in [3.8, 4) is 0 Å². The molecular formula is C14H31N3. The monoisotopic (exact) mass is 241 g/mol. The Hall–Kier alpha value is -0.120. The number of rotatable bonds is 8. The van der Waals surface area contributed by atoms with Crippen molar-refractivity contribution in [2.75, 3.05) is 46.3 Å². The van der Waals surface area contributed by atoms with Gasteiger partial charge in [0, 0.05) is 32.2 Å². The third kappa shape index (κ3) is 7.02. The number of unbranched alkanes of at least 4 members (excludes halogenated alkanes) is 1. The largest absolute Gasteiger partial charge is 0.314 e.